The Bertz CT molecular complexity index is 721. The molecule has 2 N–H and O–H groups in total. The molecule has 0 aromatic heterocycles. The first-order valence-electron chi connectivity index (χ1n) is 7.07. The molecule has 2 aromatic carbocycles. The largest absolute Gasteiger partial charge is 0.497 e. The smallest absolute Gasteiger partial charge is 0.248 e. The van der Waals surface area contributed by atoms with Gasteiger partial charge in [0.15, 0.2) is 0 Å². The van der Waals surface area contributed by atoms with E-state index in [1.807, 2.05) is 24.3 Å². The van der Waals surface area contributed by atoms with Crippen LogP contribution in [0, 0.1) is 0 Å². The summed E-state index contributed by atoms with van der Waals surface area (Å²) in [5.74, 6) is 0.365. The van der Waals surface area contributed by atoms with Crippen molar-refractivity contribution in [3.8, 4) is 5.75 Å². The van der Waals surface area contributed by atoms with E-state index < -0.39 is 0 Å². The van der Waals surface area contributed by atoms with Crippen LogP contribution in [0.1, 0.15) is 12.5 Å². The number of ether oxygens (including phenoxy) is 1. The molecule has 0 aliphatic rings. The lowest BCUT2D eigenvalue weighted by Crippen LogP contribution is -2.08. The molecule has 0 saturated heterocycles. The van der Waals surface area contributed by atoms with Gasteiger partial charge in [-0.3, -0.25) is 9.59 Å². The second kappa shape index (κ2) is 7.79. The van der Waals surface area contributed by atoms with Crippen molar-refractivity contribution in [2.75, 3.05) is 17.7 Å². The van der Waals surface area contributed by atoms with Crippen LogP contribution in [0.25, 0.3) is 6.08 Å². The van der Waals surface area contributed by atoms with E-state index in [1.54, 1.807) is 37.5 Å². The highest BCUT2D eigenvalue weighted by Gasteiger charge is 2.00. The molecule has 2 rings (SSSR count). The fourth-order valence-corrected chi connectivity index (χ4v) is 1.94. The first-order valence-corrected chi connectivity index (χ1v) is 7.07. The molecule has 0 aliphatic heterocycles. The molecular formula is C18H18N2O3. The maximum atomic E-state index is 11.9. The molecule has 5 heteroatoms. The minimum atomic E-state index is -0.236. The summed E-state index contributed by atoms with van der Waals surface area (Å²) in [6, 6.07) is 14.3. The van der Waals surface area contributed by atoms with Crippen LogP contribution in [0.2, 0.25) is 0 Å². The summed E-state index contributed by atoms with van der Waals surface area (Å²) < 4.78 is 5.13. The average molecular weight is 310 g/mol. The first-order chi connectivity index (χ1) is 11.1. The Balaban J connectivity index is 1.96. The van der Waals surface area contributed by atoms with E-state index in [0.29, 0.717) is 11.4 Å². The molecule has 0 radical (unpaired) electrons. The van der Waals surface area contributed by atoms with Crippen molar-refractivity contribution < 1.29 is 14.3 Å². The van der Waals surface area contributed by atoms with Gasteiger partial charge < -0.3 is 15.4 Å². The van der Waals surface area contributed by atoms with Gasteiger partial charge in [0.2, 0.25) is 11.8 Å². The van der Waals surface area contributed by atoms with Crippen LogP contribution in [-0.4, -0.2) is 18.9 Å². The van der Waals surface area contributed by atoms with E-state index >= 15 is 0 Å². The number of hydrogen-bond donors (Lipinski definition) is 2. The van der Waals surface area contributed by atoms with Crippen LogP contribution < -0.4 is 15.4 Å². The van der Waals surface area contributed by atoms with Crippen molar-refractivity contribution in [2.45, 2.75) is 6.92 Å². The third-order valence-corrected chi connectivity index (χ3v) is 2.99. The second-order valence-corrected chi connectivity index (χ2v) is 4.86. The SMILES string of the molecule is COc1cccc(/C=C/C(=O)Nc2ccc(NC(C)=O)cc2)c1. The second-order valence-electron chi connectivity index (χ2n) is 4.86. The molecule has 118 valence electrons. The number of amides is 2. The average Bonchev–Trinajstić information content (AvgIpc) is 2.54. The molecule has 0 fully saturated rings. The van der Waals surface area contributed by atoms with Crippen molar-refractivity contribution in [2.24, 2.45) is 0 Å². The number of anilines is 2. The van der Waals surface area contributed by atoms with Crippen molar-refractivity contribution in [3.63, 3.8) is 0 Å². The van der Waals surface area contributed by atoms with Crippen molar-refractivity contribution >= 4 is 29.3 Å². The minimum absolute atomic E-state index is 0.136. The predicted molar refractivity (Wildman–Crippen MR) is 91.4 cm³/mol. The minimum Gasteiger partial charge on any atom is -0.497 e. The summed E-state index contributed by atoms with van der Waals surface area (Å²) in [5, 5.41) is 5.42. The number of carbonyl (C=O) groups excluding carboxylic acids is 2. The standard InChI is InChI=1S/C18H18N2O3/c1-13(21)19-15-7-9-16(10-8-15)20-18(22)11-6-14-4-3-5-17(12-14)23-2/h3-12H,1-2H3,(H,19,21)(H,20,22)/b11-6+. The lowest BCUT2D eigenvalue weighted by Gasteiger charge is -2.05. The molecular weight excluding hydrogens is 292 g/mol. The van der Waals surface area contributed by atoms with Gasteiger partial charge in [0.25, 0.3) is 0 Å². The van der Waals surface area contributed by atoms with Gasteiger partial charge in [-0.25, -0.2) is 0 Å². The van der Waals surface area contributed by atoms with Crippen LogP contribution in [0.3, 0.4) is 0 Å². The third kappa shape index (κ3) is 5.32. The fraction of sp³-hybridized carbons (Fsp3) is 0.111. The molecule has 0 bridgehead atoms. The Hall–Kier alpha value is -3.08. The Morgan fingerprint density at radius 3 is 2.26 bits per heavy atom. The summed E-state index contributed by atoms with van der Waals surface area (Å²) in [6.45, 7) is 1.44. The number of rotatable bonds is 5. The van der Waals surface area contributed by atoms with E-state index in [1.165, 1.54) is 13.0 Å². The molecule has 0 aliphatic carbocycles. The summed E-state index contributed by atoms with van der Waals surface area (Å²) in [6.07, 6.45) is 3.17. The normalized spacial score (nSPS) is 10.3. The van der Waals surface area contributed by atoms with E-state index in [2.05, 4.69) is 10.6 Å². The van der Waals surface area contributed by atoms with E-state index in [0.717, 1.165) is 11.3 Å². The maximum Gasteiger partial charge on any atom is 0.248 e. The Labute approximate surface area is 135 Å². The van der Waals surface area contributed by atoms with Crippen LogP contribution >= 0.6 is 0 Å². The summed E-state index contributed by atoms with van der Waals surface area (Å²) in [4.78, 5) is 22.8. The lowest BCUT2D eigenvalue weighted by molar-refractivity contribution is -0.114. The van der Waals surface area contributed by atoms with Crippen LogP contribution in [0.15, 0.2) is 54.6 Å². The zero-order valence-corrected chi connectivity index (χ0v) is 13.0. The quantitative estimate of drug-likeness (QED) is 0.833. The number of hydrogen-bond acceptors (Lipinski definition) is 3. The molecule has 2 aromatic rings. The summed E-state index contributed by atoms with van der Waals surface area (Å²) in [7, 11) is 1.60. The Morgan fingerprint density at radius 2 is 1.65 bits per heavy atom. The molecule has 5 nitrogen and oxygen atoms in total. The summed E-state index contributed by atoms with van der Waals surface area (Å²) >= 11 is 0. The highest BCUT2D eigenvalue weighted by Crippen LogP contribution is 2.15. The number of nitrogens with one attached hydrogen (secondary N) is 2. The Kier molecular flexibility index (Phi) is 5.52. The van der Waals surface area contributed by atoms with E-state index in [-0.39, 0.29) is 11.8 Å². The molecule has 0 atom stereocenters. The number of methoxy groups -OCH3 is 1. The molecule has 0 saturated carbocycles. The number of carbonyl (C=O) groups is 2. The van der Waals surface area contributed by atoms with E-state index in [4.69, 9.17) is 4.74 Å². The monoisotopic (exact) mass is 310 g/mol. The fourth-order valence-electron chi connectivity index (χ4n) is 1.94. The van der Waals surface area contributed by atoms with Gasteiger partial charge in [-0.1, -0.05) is 12.1 Å². The number of benzene rings is 2. The molecule has 2 amide bonds. The summed E-state index contributed by atoms with van der Waals surface area (Å²) in [5.41, 5.74) is 2.21. The predicted octanol–water partition coefficient (Wildman–Crippen LogP) is 3.31. The van der Waals surface area contributed by atoms with Gasteiger partial charge in [-0.05, 0) is 48.0 Å². The van der Waals surface area contributed by atoms with Gasteiger partial charge in [-0.2, -0.15) is 0 Å². The van der Waals surface area contributed by atoms with Gasteiger partial charge in [0, 0.05) is 24.4 Å². The lowest BCUT2D eigenvalue weighted by atomic mass is 10.2. The molecule has 0 unspecified atom stereocenters. The topological polar surface area (TPSA) is 67.4 Å². The van der Waals surface area contributed by atoms with Gasteiger partial charge in [0.1, 0.15) is 5.75 Å². The first kappa shape index (κ1) is 16.3. The molecule has 23 heavy (non-hydrogen) atoms. The third-order valence-electron chi connectivity index (χ3n) is 2.99. The zero-order valence-electron chi connectivity index (χ0n) is 13.0. The van der Waals surface area contributed by atoms with Crippen molar-refractivity contribution in [3.05, 3.63) is 60.2 Å². The highest BCUT2D eigenvalue weighted by molar-refractivity contribution is 6.02. The van der Waals surface area contributed by atoms with Gasteiger partial charge in [-0.15, -0.1) is 0 Å². The zero-order chi connectivity index (χ0) is 16.7. The maximum absolute atomic E-state index is 11.9. The van der Waals surface area contributed by atoms with E-state index in [9.17, 15) is 9.59 Å². The van der Waals surface area contributed by atoms with Crippen LogP contribution in [-0.2, 0) is 9.59 Å². The molecule has 0 heterocycles. The van der Waals surface area contributed by atoms with Crippen molar-refractivity contribution in [1.29, 1.82) is 0 Å². The van der Waals surface area contributed by atoms with Crippen LogP contribution in [0.4, 0.5) is 11.4 Å². The van der Waals surface area contributed by atoms with Crippen LogP contribution in [0.5, 0.6) is 5.75 Å². The van der Waals surface area contributed by atoms with Crippen molar-refractivity contribution in [1.82, 2.24) is 0 Å². The molecule has 0 spiro atoms. The van der Waals surface area contributed by atoms with Gasteiger partial charge >= 0.3 is 0 Å². The Morgan fingerprint density at radius 1 is 1.00 bits per heavy atom. The van der Waals surface area contributed by atoms with Gasteiger partial charge in [0.05, 0.1) is 7.11 Å². The highest BCUT2D eigenvalue weighted by atomic mass is 16.5.